The average molecular weight is 544 g/mol. The molecule has 39 heavy (non-hydrogen) atoms. The van der Waals surface area contributed by atoms with Gasteiger partial charge in [0, 0.05) is 50.1 Å². The molecule has 2 saturated heterocycles. The fraction of sp³-hybridized carbons (Fsp3) is 0.700. The lowest BCUT2D eigenvalue weighted by Gasteiger charge is -2.31. The number of benzene rings is 1. The molecule has 0 saturated carbocycles. The van der Waals surface area contributed by atoms with Crippen molar-refractivity contribution in [3.63, 3.8) is 0 Å². The smallest absolute Gasteiger partial charge is 0.308 e. The van der Waals surface area contributed by atoms with Crippen LogP contribution in [0.2, 0.25) is 0 Å². The summed E-state index contributed by atoms with van der Waals surface area (Å²) in [5.74, 6) is -0.436. The molecule has 0 radical (unpaired) electrons. The van der Waals surface area contributed by atoms with Gasteiger partial charge in [0.2, 0.25) is 18.6 Å². The molecule has 9 heteroatoms. The summed E-state index contributed by atoms with van der Waals surface area (Å²) in [4.78, 5) is 45.1. The van der Waals surface area contributed by atoms with E-state index >= 15 is 0 Å². The van der Waals surface area contributed by atoms with Gasteiger partial charge in [0.1, 0.15) is 0 Å². The second-order valence-electron chi connectivity index (χ2n) is 11.9. The number of ether oxygens (including phenoxy) is 2. The number of carbonyl (C=O) groups excluding carboxylic acids is 2. The fourth-order valence-electron chi connectivity index (χ4n) is 6.22. The van der Waals surface area contributed by atoms with E-state index in [4.69, 9.17) is 9.47 Å². The van der Waals surface area contributed by atoms with Crippen LogP contribution >= 0.6 is 0 Å². The number of carbonyl (C=O) groups is 3. The zero-order valence-corrected chi connectivity index (χ0v) is 24.0. The van der Waals surface area contributed by atoms with E-state index in [-0.39, 0.29) is 42.5 Å². The number of fused-ring (bicyclic) bond motifs is 1. The van der Waals surface area contributed by atoms with Crippen molar-refractivity contribution in [2.75, 3.05) is 46.1 Å². The SMILES string of the molecule is CCCCN(CCCC)C(=O)CN1C[C@H](c2ccc3c(c2)OCO3)[C@H](C(=O)O)[C@H]1CCN1CCC(C)(C)C1=O. The number of aliphatic carboxylic acids is 1. The van der Waals surface area contributed by atoms with Gasteiger partial charge >= 0.3 is 5.97 Å². The molecule has 3 atom stereocenters. The van der Waals surface area contributed by atoms with Crippen molar-refractivity contribution in [3.8, 4) is 11.5 Å². The summed E-state index contributed by atoms with van der Waals surface area (Å²) in [5, 5.41) is 10.5. The molecule has 9 nitrogen and oxygen atoms in total. The van der Waals surface area contributed by atoms with Crippen LogP contribution in [0.25, 0.3) is 0 Å². The molecule has 0 aliphatic carbocycles. The molecule has 3 aliphatic heterocycles. The van der Waals surface area contributed by atoms with E-state index in [0.29, 0.717) is 37.6 Å². The van der Waals surface area contributed by atoms with Gasteiger partial charge < -0.3 is 24.4 Å². The molecule has 2 fully saturated rings. The van der Waals surface area contributed by atoms with Crippen LogP contribution in [0.3, 0.4) is 0 Å². The first-order valence-electron chi connectivity index (χ1n) is 14.6. The van der Waals surface area contributed by atoms with E-state index in [2.05, 4.69) is 18.7 Å². The van der Waals surface area contributed by atoms with Crippen LogP contribution in [0, 0.1) is 11.3 Å². The summed E-state index contributed by atoms with van der Waals surface area (Å²) in [5.41, 5.74) is 0.491. The first kappa shape index (κ1) is 29.2. The zero-order valence-electron chi connectivity index (χ0n) is 24.0. The molecule has 1 aromatic carbocycles. The Labute approximate surface area is 232 Å². The highest BCUT2D eigenvalue weighted by Crippen LogP contribution is 2.43. The van der Waals surface area contributed by atoms with Crippen LogP contribution in [0.1, 0.15) is 77.7 Å². The Bertz CT molecular complexity index is 1040. The van der Waals surface area contributed by atoms with E-state index in [9.17, 15) is 19.5 Å². The number of hydrogen-bond donors (Lipinski definition) is 1. The minimum atomic E-state index is -0.875. The molecule has 3 aliphatic rings. The van der Waals surface area contributed by atoms with Gasteiger partial charge in [0.05, 0.1) is 12.5 Å². The molecule has 3 heterocycles. The van der Waals surface area contributed by atoms with Gasteiger partial charge in [0.15, 0.2) is 11.5 Å². The van der Waals surface area contributed by atoms with Crippen molar-refractivity contribution in [1.82, 2.24) is 14.7 Å². The van der Waals surface area contributed by atoms with Gasteiger partial charge in [0.25, 0.3) is 0 Å². The van der Waals surface area contributed by atoms with Crippen LogP contribution in [0.5, 0.6) is 11.5 Å². The Morgan fingerprint density at radius 2 is 1.79 bits per heavy atom. The number of unbranched alkanes of at least 4 members (excludes halogenated alkanes) is 2. The van der Waals surface area contributed by atoms with E-state index in [1.807, 2.05) is 41.8 Å². The molecule has 1 N–H and O–H groups in total. The number of carboxylic acids is 1. The van der Waals surface area contributed by atoms with Gasteiger partial charge in [-0.15, -0.1) is 0 Å². The minimum absolute atomic E-state index is 0.0516. The minimum Gasteiger partial charge on any atom is -0.481 e. The molecule has 0 aromatic heterocycles. The monoisotopic (exact) mass is 543 g/mol. The third-order valence-electron chi connectivity index (χ3n) is 8.68. The fourth-order valence-corrected chi connectivity index (χ4v) is 6.22. The molecule has 216 valence electrons. The molecule has 0 bridgehead atoms. The van der Waals surface area contributed by atoms with Crippen molar-refractivity contribution in [2.24, 2.45) is 11.3 Å². The topological polar surface area (TPSA) is 99.6 Å². The number of nitrogens with zero attached hydrogens (tertiary/aromatic N) is 3. The number of hydrogen-bond acceptors (Lipinski definition) is 6. The molecule has 2 amide bonds. The van der Waals surface area contributed by atoms with Crippen molar-refractivity contribution in [2.45, 2.75) is 78.2 Å². The summed E-state index contributed by atoms with van der Waals surface area (Å²) in [6, 6.07) is 5.27. The predicted octanol–water partition coefficient (Wildman–Crippen LogP) is 3.96. The Morgan fingerprint density at radius 3 is 2.41 bits per heavy atom. The predicted molar refractivity (Wildman–Crippen MR) is 148 cm³/mol. The lowest BCUT2D eigenvalue weighted by Crippen LogP contribution is -2.46. The molecule has 4 rings (SSSR count). The number of likely N-dealkylation sites (tertiary alicyclic amines) is 2. The van der Waals surface area contributed by atoms with Gasteiger partial charge in [-0.3, -0.25) is 19.3 Å². The average Bonchev–Trinajstić information content (AvgIpc) is 3.58. The quantitative estimate of drug-likeness (QED) is 0.402. The summed E-state index contributed by atoms with van der Waals surface area (Å²) < 4.78 is 11.0. The molecule has 1 aromatic rings. The van der Waals surface area contributed by atoms with Crippen LogP contribution in [0.4, 0.5) is 0 Å². The first-order chi connectivity index (χ1) is 18.7. The molecule has 0 spiro atoms. The number of rotatable bonds is 13. The van der Waals surface area contributed by atoms with E-state index in [1.54, 1.807) is 0 Å². The van der Waals surface area contributed by atoms with Gasteiger partial charge in [-0.05, 0) is 43.4 Å². The summed E-state index contributed by atoms with van der Waals surface area (Å²) in [6.07, 6.45) is 5.22. The maximum atomic E-state index is 13.6. The van der Waals surface area contributed by atoms with E-state index in [1.165, 1.54) is 0 Å². The van der Waals surface area contributed by atoms with E-state index in [0.717, 1.165) is 50.8 Å². The Kier molecular flexibility index (Phi) is 9.41. The van der Waals surface area contributed by atoms with Crippen molar-refractivity contribution in [1.29, 1.82) is 0 Å². The highest BCUT2D eigenvalue weighted by Gasteiger charge is 2.48. The second kappa shape index (κ2) is 12.6. The van der Waals surface area contributed by atoms with Gasteiger partial charge in [-0.2, -0.15) is 0 Å². The number of carboxylic acid groups (broad SMARTS) is 1. The zero-order chi connectivity index (χ0) is 28.2. The normalized spacial score (nSPS) is 23.9. The number of amides is 2. The third-order valence-corrected chi connectivity index (χ3v) is 8.68. The highest BCUT2D eigenvalue weighted by atomic mass is 16.7. The largest absolute Gasteiger partial charge is 0.481 e. The molecular formula is C30H45N3O6. The molecule has 0 unspecified atom stereocenters. The lowest BCUT2D eigenvalue weighted by molar-refractivity contribution is -0.144. The Morgan fingerprint density at radius 1 is 1.10 bits per heavy atom. The summed E-state index contributed by atoms with van der Waals surface area (Å²) in [6.45, 7) is 11.6. The van der Waals surface area contributed by atoms with Gasteiger partial charge in [-0.25, -0.2) is 0 Å². The maximum absolute atomic E-state index is 13.6. The van der Waals surface area contributed by atoms with Crippen LogP contribution < -0.4 is 9.47 Å². The summed E-state index contributed by atoms with van der Waals surface area (Å²) in [7, 11) is 0. The van der Waals surface area contributed by atoms with Crippen LogP contribution in [0.15, 0.2) is 18.2 Å². The summed E-state index contributed by atoms with van der Waals surface area (Å²) >= 11 is 0. The van der Waals surface area contributed by atoms with Crippen molar-refractivity contribution >= 4 is 17.8 Å². The van der Waals surface area contributed by atoms with E-state index < -0.39 is 11.9 Å². The van der Waals surface area contributed by atoms with Crippen molar-refractivity contribution in [3.05, 3.63) is 23.8 Å². The second-order valence-corrected chi connectivity index (χ2v) is 11.9. The Balaban J connectivity index is 1.58. The van der Waals surface area contributed by atoms with Crippen LogP contribution in [-0.4, -0.2) is 89.7 Å². The third kappa shape index (κ3) is 6.51. The Hall–Kier alpha value is -2.81. The highest BCUT2D eigenvalue weighted by molar-refractivity contribution is 5.84. The van der Waals surface area contributed by atoms with Gasteiger partial charge in [-0.1, -0.05) is 46.6 Å². The first-order valence-corrected chi connectivity index (χ1v) is 14.6. The van der Waals surface area contributed by atoms with Crippen molar-refractivity contribution < 1.29 is 29.0 Å². The maximum Gasteiger partial charge on any atom is 0.308 e. The van der Waals surface area contributed by atoms with Crippen LogP contribution in [-0.2, 0) is 14.4 Å². The lowest BCUT2D eigenvalue weighted by atomic mass is 9.84. The standard InChI is InChI=1S/C30H45N3O6/c1-5-7-13-31(14-8-6-2)26(34)19-33-18-22(21-9-10-24-25(17-21)39-20-38-24)27(28(35)36)23(33)11-15-32-16-12-30(3,4)29(32)37/h9-10,17,22-23,27H,5-8,11-16,18-20H2,1-4H3,(H,35,36)/t22-,23-,27+/m1/s1. The molecular weight excluding hydrogens is 498 g/mol.